The van der Waals surface area contributed by atoms with E-state index in [-0.39, 0.29) is 0 Å². The van der Waals surface area contributed by atoms with Crippen molar-refractivity contribution in [1.29, 1.82) is 0 Å². The first-order valence-electron chi connectivity index (χ1n) is 5.87. The number of aromatic nitrogens is 3. The first-order valence-corrected chi connectivity index (χ1v) is 5.87. The van der Waals surface area contributed by atoms with E-state index in [9.17, 15) is 0 Å². The zero-order chi connectivity index (χ0) is 12.4. The summed E-state index contributed by atoms with van der Waals surface area (Å²) in [5.41, 5.74) is 5.69. The van der Waals surface area contributed by atoms with Crippen LogP contribution in [0.4, 0.5) is 0 Å². The van der Waals surface area contributed by atoms with E-state index in [1.807, 2.05) is 6.07 Å². The Bertz CT molecular complexity index is 643. The van der Waals surface area contributed by atoms with E-state index in [1.165, 1.54) is 16.7 Å². The lowest BCUT2D eigenvalue weighted by Crippen LogP contribution is -1.85. The van der Waals surface area contributed by atoms with Gasteiger partial charge in [-0.15, -0.1) is 0 Å². The Labute approximate surface area is 105 Å². The van der Waals surface area contributed by atoms with Crippen molar-refractivity contribution < 1.29 is 0 Å². The Kier molecular flexibility index (Phi) is 2.65. The molecule has 3 heteroatoms. The van der Waals surface area contributed by atoms with E-state index in [1.54, 1.807) is 6.20 Å². The third-order valence-electron chi connectivity index (χ3n) is 3.02. The van der Waals surface area contributed by atoms with Crippen molar-refractivity contribution in [2.24, 2.45) is 0 Å². The maximum absolute atomic E-state index is 4.09. The lowest BCUT2D eigenvalue weighted by molar-refractivity contribution is 0.942. The molecule has 0 fully saturated rings. The quantitative estimate of drug-likeness (QED) is 0.739. The van der Waals surface area contributed by atoms with Crippen LogP contribution >= 0.6 is 0 Å². The number of hydrogen-bond acceptors (Lipinski definition) is 2. The van der Waals surface area contributed by atoms with Gasteiger partial charge < -0.3 is 0 Å². The van der Waals surface area contributed by atoms with Crippen LogP contribution in [0.3, 0.4) is 0 Å². The average Bonchev–Trinajstić information content (AvgIpc) is 2.93. The van der Waals surface area contributed by atoms with Crippen LogP contribution in [0.2, 0.25) is 0 Å². The van der Waals surface area contributed by atoms with Crippen molar-refractivity contribution in [2.45, 2.75) is 6.92 Å². The van der Waals surface area contributed by atoms with Gasteiger partial charge >= 0.3 is 0 Å². The Morgan fingerprint density at radius 1 is 0.944 bits per heavy atom. The highest BCUT2D eigenvalue weighted by Crippen LogP contribution is 2.27. The van der Waals surface area contributed by atoms with Crippen LogP contribution in [-0.4, -0.2) is 15.4 Å². The Morgan fingerprint density at radius 2 is 1.78 bits per heavy atom. The van der Waals surface area contributed by atoms with Gasteiger partial charge in [0.05, 0.1) is 6.20 Å². The normalized spacial score (nSPS) is 10.5. The second-order valence-corrected chi connectivity index (χ2v) is 4.25. The molecule has 0 atom stereocenters. The topological polar surface area (TPSA) is 41.6 Å². The van der Waals surface area contributed by atoms with Crippen molar-refractivity contribution in [1.82, 2.24) is 15.4 Å². The molecule has 0 aliphatic rings. The van der Waals surface area contributed by atoms with Crippen LogP contribution in [-0.2, 0) is 0 Å². The summed E-state index contributed by atoms with van der Waals surface area (Å²) in [7, 11) is 0. The molecule has 1 N–H and O–H groups in total. The second kappa shape index (κ2) is 4.45. The van der Waals surface area contributed by atoms with E-state index in [0.717, 1.165) is 11.3 Å². The Hall–Kier alpha value is -2.42. The number of H-pyrrole nitrogens is 1. The molecule has 3 rings (SSSR count). The van der Waals surface area contributed by atoms with Gasteiger partial charge in [0.15, 0.2) is 0 Å². The molecule has 0 spiro atoms. The molecule has 0 saturated carbocycles. The lowest BCUT2D eigenvalue weighted by atomic mass is 9.98. The smallest absolute Gasteiger partial charge is 0.112 e. The van der Waals surface area contributed by atoms with Crippen LogP contribution in [0.25, 0.3) is 22.4 Å². The summed E-state index contributed by atoms with van der Waals surface area (Å²) in [5, 5.41) is 10.6. The molecule has 0 unspecified atom stereocenters. The van der Waals surface area contributed by atoms with Crippen LogP contribution in [0.1, 0.15) is 5.56 Å². The number of aryl methyl sites for hydroxylation is 1. The number of nitrogens with one attached hydrogen (secondary N) is 1. The number of rotatable bonds is 2. The third kappa shape index (κ3) is 1.91. The van der Waals surface area contributed by atoms with E-state index in [0.29, 0.717) is 0 Å². The second-order valence-electron chi connectivity index (χ2n) is 4.25. The zero-order valence-electron chi connectivity index (χ0n) is 10.1. The molecule has 0 amide bonds. The van der Waals surface area contributed by atoms with Crippen LogP contribution in [0, 0.1) is 6.92 Å². The van der Waals surface area contributed by atoms with Crippen molar-refractivity contribution in [3.8, 4) is 22.4 Å². The summed E-state index contributed by atoms with van der Waals surface area (Å²) in [6, 6.07) is 16.7. The summed E-state index contributed by atoms with van der Waals surface area (Å²) in [6.45, 7) is 2.12. The fourth-order valence-electron chi connectivity index (χ4n) is 2.11. The monoisotopic (exact) mass is 235 g/mol. The van der Waals surface area contributed by atoms with Crippen LogP contribution in [0.5, 0.6) is 0 Å². The van der Waals surface area contributed by atoms with Gasteiger partial charge in [-0.3, -0.25) is 0 Å². The van der Waals surface area contributed by atoms with Gasteiger partial charge in [-0.2, -0.15) is 15.4 Å². The van der Waals surface area contributed by atoms with Crippen LogP contribution in [0.15, 0.2) is 54.7 Å². The van der Waals surface area contributed by atoms with Gasteiger partial charge in [0, 0.05) is 5.56 Å². The fraction of sp³-hybridized carbons (Fsp3) is 0.0667. The minimum Gasteiger partial charge on any atom is -0.197 e. The number of hydrogen-bond donors (Lipinski definition) is 1. The number of benzene rings is 2. The summed E-state index contributed by atoms with van der Waals surface area (Å²) in [4.78, 5) is 0. The zero-order valence-corrected chi connectivity index (χ0v) is 10.1. The largest absolute Gasteiger partial charge is 0.197 e. The molecule has 0 aliphatic carbocycles. The third-order valence-corrected chi connectivity index (χ3v) is 3.02. The molecule has 1 aromatic heterocycles. The van der Waals surface area contributed by atoms with Crippen molar-refractivity contribution in [2.75, 3.05) is 0 Å². The molecule has 88 valence electrons. The van der Waals surface area contributed by atoms with E-state index < -0.39 is 0 Å². The lowest BCUT2D eigenvalue weighted by Gasteiger charge is -2.07. The van der Waals surface area contributed by atoms with Crippen molar-refractivity contribution >= 4 is 0 Å². The van der Waals surface area contributed by atoms with Gasteiger partial charge in [-0.25, -0.2) is 0 Å². The van der Waals surface area contributed by atoms with E-state index in [2.05, 4.69) is 64.8 Å². The molecule has 0 bridgehead atoms. The maximum atomic E-state index is 4.09. The molecular weight excluding hydrogens is 222 g/mol. The summed E-state index contributed by atoms with van der Waals surface area (Å²) < 4.78 is 0. The molecule has 0 saturated heterocycles. The van der Waals surface area contributed by atoms with Crippen LogP contribution < -0.4 is 0 Å². The summed E-state index contributed by atoms with van der Waals surface area (Å²) in [5.74, 6) is 0. The van der Waals surface area contributed by atoms with Gasteiger partial charge in [-0.05, 0) is 29.7 Å². The molecule has 3 nitrogen and oxygen atoms in total. The standard InChI is InChI=1S/C15H13N3/c1-11-9-13(15-10-16-18-17-15)7-8-14(11)12-5-3-2-4-6-12/h2-10H,1H3,(H,16,17,18). The van der Waals surface area contributed by atoms with Crippen molar-refractivity contribution in [3.05, 3.63) is 60.3 Å². The molecule has 2 aromatic carbocycles. The predicted octanol–water partition coefficient (Wildman–Crippen LogP) is 3.45. The Morgan fingerprint density at radius 3 is 2.44 bits per heavy atom. The van der Waals surface area contributed by atoms with Gasteiger partial charge in [0.25, 0.3) is 0 Å². The van der Waals surface area contributed by atoms with Gasteiger partial charge in [0.1, 0.15) is 5.69 Å². The summed E-state index contributed by atoms with van der Waals surface area (Å²) in [6.07, 6.45) is 1.73. The highest BCUT2D eigenvalue weighted by atomic mass is 15.3. The molecule has 1 heterocycles. The summed E-state index contributed by atoms with van der Waals surface area (Å²) >= 11 is 0. The number of nitrogens with zero attached hydrogens (tertiary/aromatic N) is 2. The Balaban J connectivity index is 2.05. The molecule has 0 aliphatic heterocycles. The number of aromatic amines is 1. The SMILES string of the molecule is Cc1cc(-c2cn[nH]n2)ccc1-c1ccccc1. The molecule has 3 aromatic rings. The molecule has 18 heavy (non-hydrogen) atoms. The van der Waals surface area contributed by atoms with Gasteiger partial charge in [0.2, 0.25) is 0 Å². The highest BCUT2D eigenvalue weighted by molar-refractivity contribution is 5.71. The minimum atomic E-state index is 0.873. The van der Waals surface area contributed by atoms with E-state index in [4.69, 9.17) is 0 Å². The molecular formula is C15H13N3. The first-order chi connectivity index (χ1) is 8.84. The average molecular weight is 235 g/mol. The van der Waals surface area contributed by atoms with Gasteiger partial charge in [-0.1, -0.05) is 42.5 Å². The van der Waals surface area contributed by atoms with E-state index >= 15 is 0 Å². The minimum absolute atomic E-state index is 0.873. The van der Waals surface area contributed by atoms with Crippen molar-refractivity contribution in [3.63, 3.8) is 0 Å². The predicted molar refractivity (Wildman–Crippen MR) is 72.0 cm³/mol. The molecule has 0 radical (unpaired) electrons. The highest BCUT2D eigenvalue weighted by Gasteiger charge is 2.05. The fourth-order valence-corrected chi connectivity index (χ4v) is 2.11. The first kappa shape index (κ1) is 10.7. The maximum Gasteiger partial charge on any atom is 0.112 e.